The summed E-state index contributed by atoms with van der Waals surface area (Å²) in [4.78, 5) is 28.5. The zero-order chi connectivity index (χ0) is 15.5. The van der Waals surface area contributed by atoms with Crippen molar-refractivity contribution in [3.8, 4) is 6.07 Å². The summed E-state index contributed by atoms with van der Waals surface area (Å²) in [7, 11) is 0. The van der Waals surface area contributed by atoms with E-state index < -0.39 is 0 Å². The van der Waals surface area contributed by atoms with Crippen molar-refractivity contribution in [2.24, 2.45) is 5.92 Å². The maximum Gasteiger partial charge on any atom is 0.240 e. The minimum absolute atomic E-state index is 0.0265. The SMILES string of the molecule is N#C[C@@H]1CCCN1C(=O)[C@@H]1C[C@H](C(=O)N2CCOCC2)CN1. The van der Waals surface area contributed by atoms with Crippen LogP contribution in [0.15, 0.2) is 0 Å². The Morgan fingerprint density at radius 2 is 1.95 bits per heavy atom. The van der Waals surface area contributed by atoms with Crippen molar-refractivity contribution >= 4 is 11.8 Å². The summed E-state index contributed by atoms with van der Waals surface area (Å²) >= 11 is 0. The van der Waals surface area contributed by atoms with E-state index in [1.807, 2.05) is 4.90 Å². The van der Waals surface area contributed by atoms with E-state index in [1.165, 1.54) is 0 Å². The fourth-order valence-corrected chi connectivity index (χ4v) is 3.52. The number of ether oxygens (including phenoxy) is 1. The number of likely N-dealkylation sites (tertiary alicyclic amines) is 1. The highest BCUT2D eigenvalue weighted by Crippen LogP contribution is 2.23. The first kappa shape index (κ1) is 15.3. The molecule has 0 aliphatic carbocycles. The van der Waals surface area contributed by atoms with Crippen molar-refractivity contribution in [3.63, 3.8) is 0 Å². The molecule has 120 valence electrons. The molecule has 3 saturated heterocycles. The van der Waals surface area contributed by atoms with E-state index in [0.717, 1.165) is 12.8 Å². The Labute approximate surface area is 130 Å². The van der Waals surface area contributed by atoms with Crippen LogP contribution in [0.3, 0.4) is 0 Å². The van der Waals surface area contributed by atoms with Gasteiger partial charge in [-0.05, 0) is 19.3 Å². The predicted molar refractivity (Wildman–Crippen MR) is 77.6 cm³/mol. The molecule has 3 fully saturated rings. The van der Waals surface area contributed by atoms with Gasteiger partial charge in [0.2, 0.25) is 11.8 Å². The van der Waals surface area contributed by atoms with Gasteiger partial charge in [0.05, 0.1) is 31.2 Å². The number of carbonyl (C=O) groups excluding carboxylic acids is 2. The monoisotopic (exact) mass is 306 g/mol. The molecule has 0 bridgehead atoms. The summed E-state index contributed by atoms with van der Waals surface area (Å²) in [6.07, 6.45) is 2.17. The van der Waals surface area contributed by atoms with Gasteiger partial charge in [-0.1, -0.05) is 0 Å². The Bertz CT molecular complexity index is 484. The third-order valence-corrected chi connectivity index (χ3v) is 4.79. The Balaban J connectivity index is 1.56. The highest BCUT2D eigenvalue weighted by Gasteiger charge is 2.40. The van der Waals surface area contributed by atoms with E-state index >= 15 is 0 Å². The summed E-state index contributed by atoms with van der Waals surface area (Å²) in [6.45, 7) is 3.64. The smallest absolute Gasteiger partial charge is 0.240 e. The topological polar surface area (TPSA) is 85.7 Å². The molecule has 0 spiro atoms. The van der Waals surface area contributed by atoms with Gasteiger partial charge in [0.1, 0.15) is 6.04 Å². The number of morpholine rings is 1. The first-order valence-electron chi connectivity index (χ1n) is 8.00. The van der Waals surface area contributed by atoms with Gasteiger partial charge in [-0.25, -0.2) is 0 Å². The fourth-order valence-electron chi connectivity index (χ4n) is 3.52. The maximum absolute atomic E-state index is 12.5. The summed E-state index contributed by atoms with van der Waals surface area (Å²) in [5.41, 5.74) is 0. The van der Waals surface area contributed by atoms with E-state index in [-0.39, 0.29) is 29.8 Å². The lowest BCUT2D eigenvalue weighted by molar-refractivity contribution is -0.139. The second-order valence-electron chi connectivity index (χ2n) is 6.15. The van der Waals surface area contributed by atoms with Crippen molar-refractivity contribution in [2.45, 2.75) is 31.3 Å². The molecule has 7 heteroatoms. The van der Waals surface area contributed by atoms with Gasteiger partial charge < -0.3 is 19.9 Å². The van der Waals surface area contributed by atoms with E-state index in [2.05, 4.69) is 11.4 Å². The summed E-state index contributed by atoms with van der Waals surface area (Å²) in [6, 6.07) is 1.56. The molecule has 3 rings (SSSR count). The fraction of sp³-hybridized carbons (Fsp3) is 0.800. The van der Waals surface area contributed by atoms with Crippen molar-refractivity contribution in [3.05, 3.63) is 0 Å². The standard InChI is InChI=1S/C15H22N4O3/c16-9-12-2-1-3-19(12)15(21)13-8-11(10-17-13)14(20)18-4-6-22-7-5-18/h11-13,17H,1-8,10H2/t11-,12-,13-/m0/s1. The summed E-state index contributed by atoms with van der Waals surface area (Å²) in [5.74, 6) is -0.0547. The molecule has 0 saturated carbocycles. The van der Waals surface area contributed by atoms with Crippen molar-refractivity contribution < 1.29 is 14.3 Å². The second-order valence-corrected chi connectivity index (χ2v) is 6.15. The van der Waals surface area contributed by atoms with E-state index in [4.69, 9.17) is 10.00 Å². The third-order valence-electron chi connectivity index (χ3n) is 4.79. The average molecular weight is 306 g/mol. The number of rotatable bonds is 2. The maximum atomic E-state index is 12.5. The van der Waals surface area contributed by atoms with E-state index in [9.17, 15) is 9.59 Å². The van der Waals surface area contributed by atoms with Crippen molar-refractivity contribution in [1.29, 1.82) is 5.26 Å². The van der Waals surface area contributed by atoms with Gasteiger partial charge in [-0.3, -0.25) is 9.59 Å². The number of amides is 2. The van der Waals surface area contributed by atoms with E-state index in [0.29, 0.717) is 45.8 Å². The largest absolute Gasteiger partial charge is 0.378 e. The predicted octanol–water partition coefficient (Wildman–Crippen LogP) is -0.662. The molecular formula is C15H22N4O3. The third kappa shape index (κ3) is 2.94. The van der Waals surface area contributed by atoms with E-state index in [1.54, 1.807) is 4.90 Å². The zero-order valence-corrected chi connectivity index (χ0v) is 12.7. The Kier molecular flexibility index (Phi) is 4.60. The molecule has 7 nitrogen and oxygen atoms in total. The van der Waals surface area contributed by atoms with Crippen LogP contribution in [0.5, 0.6) is 0 Å². The molecule has 22 heavy (non-hydrogen) atoms. The molecule has 3 heterocycles. The van der Waals surface area contributed by atoms with Crippen LogP contribution in [0.1, 0.15) is 19.3 Å². The van der Waals surface area contributed by atoms with Crippen LogP contribution in [0, 0.1) is 17.2 Å². The number of hydrogen-bond acceptors (Lipinski definition) is 5. The number of nitrogens with zero attached hydrogens (tertiary/aromatic N) is 3. The average Bonchev–Trinajstić information content (AvgIpc) is 3.23. The minimum atomic E-state index is -0.330. The number of carbonyl (C=O) groups is 2. The Hall–Kier alpha value is -1.65. The number of nitrogens with one attached hydrogen (secondary N) is 1. The van der Waals surface area contributed by atoms with Crippen LogP contribution in [-0.4, -0.2) is 73.1 Å². The zero-order valence-electron chi connectivity index (χ0n) is 12.7. The molecule has 0 aromatic heterocycles. The normalized spacial score (nSPS) is 32.0. The van der Waals surface area contributed by atoms with Crippen LogP contribution < -0.4 is 5.32 Å². The highest BCUT2D eigenvalue weighted by atomic mass is 16.5. The van der Waals surface area contributed by atoms with Crippen LogP contribution in [0.2, 0.25) is 0 Å². The van der Waals surface area contributed by atoms with Gasteiger partial charge in [0.25, 0.3) is 0 Å². The Morgan fingerprint density at radius 1 is 1.18 bits per heavy atom. The van der Waals surface area contributed by atoms with Crippen LogP contribution >= 0.6 is 0 Å². The molecule has 0 radical (unpaired) electrons. The van der Waals surface area contributed by atoms with Gasteiger partial charge >= 0.3 is 0 Å². The Morgan fingerprint density at radius 3 is 2.68 bits per heavy atom. The minimum Gasteiger partial charge on any atom is -0.378 e. The molecule has 3 atom stereocenters. The molecule has 0 aromatic rings. The van der Waals surface area contributed by atoms with Gasteiger partial charge in [-0.2, -0.15) is 5.26 Å². The summed E-state index contributed by atoms with van der Waals surface area (Å²) in [5, 5.41) is 12.3. The second kappa shape index (κ2) is 6.63. The molecule has 2 amide bonds. The van der Waals surface area contributed by atoms with Gasteiger partial charge in [0.15, 0.2) is 0 Å². The lowest BCUT2D eigenvalue weighted by Gasteiger charge is -2.29. The molecule has 1 N–H and O–H groups in total. The quantitative estimate of drug-likeness (QED) is 0.732. The molecule has 3 aliphatic heterocycles. The molecule has 3 aliphatic rings. The van der Waals surface area contributed by atoms with Gasteiger partial charge in [-0.15, -0.1) is 0 Å². The van der Waals surface area contributed by atoms with Crippen LogP contribution in [-0.2, 0) is 14.3 Å². The molecule has 0 aromatic carbocycles. The number of hydrogen-bond donors (Lipinski definition) is 1. The molecular weight excluding hydrogens is 284 g/mol. The van der Waals surface area contributed by atoms with Crippen LogP contribution in [0.4, 0.5) is 0 Å². The van der Waals surface area contributed by atoms with Gasteiger partial charge in [0, 0.05) is 26.2 Å². The lowest BCUT2D eigenvalue weighted by atomic mass is 10.0. The van der Waals surface area contributed by atoms with Crippen molar-refractivity contribution in [2.75, 3.05) is 39.4 Å². The highest BCUT2D eigenvalue weighted by molar-refractivity contribution is 5.86. The van der Waals surface area contributed by atoms with Crippen LogP contribution in [0.25, 0.3) is 0 Å². The lowest BCUT2D eigenvalue weighted by Crippen LogP contribution is -2.45. The number of nitriles is 1. The first-order chi connectivity index (χ1) is 10.7. The summed E-state index contributed by atoms with van der Waals surface area (Å²) < 4.78 is 5.26. The first-order valence-corrected chi connectivity index (χ1v) is 8.00. The van der Waals surface area contributed by atoms with Crippen molar-refractivity contribution in [1.82, 2.24) is 15.1 Å². The molecule has 0 unspecified atom stereocenters.